The third-order valence-electron chi connectivity index (χ3n) is 5.63. The van der Waals surface area contributed by atoms with E-state index in [0.29, 0.717) is 29.0 Å². The van der Waals surface area contributed by atoms with E-state index in [4.69, 9.17) is 11.5 Å². The zero-order chi connectivity index (χ0) is 20.3. The molecule has 1 atom stereocenters. The number of thioether (sulfide) groups is 1. The van der Waals surface area contributed by atoms with Crippen LogP contribution in [0.2, 0.25) is 0 Å². The Kier molecular flexibility index (Phi) is 5.90. The van der Waals surface area contributed by atoms with Crippen molar-refractivity contribution in [1.82, 2.24) is 0 Å². The smallest absolute Gasteiger partial charge is 0.247 e. The van der Waals surface area contributed by atoms with Crippen molar-refractivity contribution in [3.8, 4) is 6.07 Å². The van der Waals surface area contributed by atoms with Gasteiger partial charge in [0.1, 0.15) is 16.8 Å². The maximum atomic E-state index is 12.6. The standard InChI is InChI=1S/C21H24N4O2S/c1-13-5-7-14(8-6-13)16(26)12-28-20-17(19(24)27)21(9-3-2-4-10-21)15(11-22)18(23)25-20/h5-8,15H,2-4,9-10,12H2,1H3,(H2,23,25)(H2,24,27). The number of aliphatic imine (C=N–C) groups is 1. The van der Waals surface area contributed by atoms with Crippen molar-refractivity contribution in [2.75, 3.05) is 5.75 Å². The van der Waals surface area contributed by atoms with Crippen molar-refractivity contribution in [3.05, 3.63) is 46.0 Å². The number of hydrogen-bond donors (Lipinski definition) is 2. The predicted molar refractivity (Wildman–Crippen MR) is 110 cm³/mol. The van der Waals surface area contributed by atoms with E-state index in [1.54, 1.807) is 12.1 Å². The van der Waals surface area contributed by atoms with Gasteiger partial charge in [-0.05, 0) is 19.8 Å². The van der Waals surface area contributed by atoms with Crippen LogP contribution < -0.4 is 11.5 Å². The number of hydrogen-bond acceptors (Lipinski definition) is 6. The molecule has 1 saturated carbocycles. The fourth-order valence-corrected chi connectivity index (χ4v) is 5.25. The van der Waals surface area contributed by atoms with Gasteiger partial charge in [-0.1, -0.05) is 60.9 Å². The number of ketones is 1. The normalized spacial score (nSPS) is 21.1. The van der Waals surface area contributed by atoms with Gasteiger partial charge in [0.15, 0.2) is 5.78 Å². The fourth-order valence-electron chi connectivity index (χ4n) is 4.20. The number of amidine groups is 1. The summed E-state index contributed by atoms with van der Waals surface area (Å²) in [5.74, 6) is -0.967. The van der Waals surface area contributed by atoms with Gasteiger partial charge in [-0.2, -0.15) is 5.26 Å². The largest absolute Gasteiger partial charge is 0.386 e. The number of nitriles is 1. The number of Topliss-reactive ketones (excluding diaryl/α,β-unsaturated/α-hetero) is 1. The molecule has 0 radical (unpaired) electrons. The Morgan fingerprint density at radius 1 is 1.25 bits per heavy atom. The van der Waals surface area contributed by atoms with E-state index in [1.807, 2.05) is 19.1 Å². The minimum absolute atomic E-state index is 0.0600. The second-order valence-corrected chi connectivity index (χ2v) is 8.40. The number of carbonyl (C=O) groups excluding carboxylic acids is 2. The molecule has 1 unspecified atom stereocenters. The van der Waals surface area contributed by atoms with Crippen molar-refractivity contribution in [1.29, 1.82) is 5.26 Å². The molecule has 7 heteroatoms. The quantitative estimate of drug-likeness (QED) is 0.741. The fraction of sp³-hybridized carbons (Fsp3) is 0.429. The Morgan fingerprint density at radius 2 is 1.89 bits per heavy atom. The average Bonchev–Trinajstić information content (AvgIpc) is 2.67. The maximum Gasteiger partial charge on any atom is 0.247 e. The zero-order valence-corrected chi connectivity index (χ0v) is 16.7. The van der Waals surface area contributed by atoms with Crippen LogP contribution in [0.25, 0.3) is 0 Å². The van der Waals surface area contributed by atoms with Crippen LogP contribution in [-0.2, 0) is 4.79 Å². The molecule has 0 aromatic heterocycles. The summed E-state index contributed by atoms with van der Waals surface area (Å²) in [4.78, 5) is 29.3. The maximum absolute atomic E-state index is 12.6. The summed E-state index contributed by atoms with van der Waals surface area (Å²) in [5.41, 5.74) is 13.2. The van der Waals surface area contributed by atoms with Crippen LogP contribution in [-0.4, -0.2) is 23.3 Å². The lowest BCUT2D eigenvalue weighted by atomic mass is 9.60. The van der Waals surface area contributed by atoms with Gasteiger partial charge in [-0.25, -0.2) is 4.99 Å². The second-order valence-electron chi connectivity index (χ2n) is 7.44. The number of amides is 1. The molecule has 2 aliphatic rings. The van der Waals surface area contributed by atoms with Crippen molar-refractivity contribution in [2.24, 2.45) is 27.8 Å². The average molecular weight is 397 g/mol. The van der Waals surface area contributed by atoms with Crippen molar-refractivity contribution in [2.45, 2.75) is 39.0 Å². The van der Waals surface area contributed by atoms with E-state index < -0.39 is 17.2 Å². The van der Waals surface area contributed by atoms with E-state index in [0.717, 1.165) is 24.8 Å². The van der Waals surface area contributed by atoms with Crippen molar-refractivity contribution in [3.63, 3.8) is 0 Å². The molecule has 3 rings (SSSR count). The molecule has 0 saturated heterocycles. The molecule has 4 N–H and O–H groups in total. The van der Waals surface area contributed by atoms with Crippen LogP contribution in [0.15, 0.2) is 39.9 Å². The van der Waals surface area contributed by atoms with Gasteiger partial charge in [-0.3, -0.25) is 9.59 Å². The first-order chi connectivity index (χ1) is 13.4. The molecule has 28 heavy (non-hydrogen) atoms. The Hall–Kier alpha value is -2.59. The van der Waals surface area contributed by atoms with Gasteiger partial charge in [-0.15, -0.1) is 0 Å². The molecule has 6 nitrogen and oxygen atoms in total. The van der Waals surface area contributed by atoms with Crippen LogP contribution in [0.3, 0.4) is 0 Å². The first-order valence-corrected chi connectivity index (χ1v) is 10.4. The predicted octanol–water partition coefficient (Wildman–Crippen LogP) is 3.07. The molecule has 1 fully saturated rings. The number of aryl methyl sites for hydroxylation is 1. The minimum atomic E-state index is -0.695. The molecule has 146 valence electrons. The van der Waals surface area contributed by atoms with Gasteiger partial charge in [0.25, 0.3) is 0 Å². The van der Waals surface area contributed by atoms with E-state index in [1.165, 1.54) is 11.8 Å². The summed E-state index contributed by atoms with van der Waals surface area (Å²) in [6, 6.07) is 9.59. The van der Waals surface area contributed by atoms with Gasteiger partial charge in [0.05, 0.1) is 17.4 Å². The Balaban J connectivity index is 1.93. The molecule has 0 bridgehead atoms. The number of primary amides is 1. The van der Waals surface area contributed by atoms with Gasteiger partial charge < -0.3 is 11.5 Å². The number of rotatable bonds is 5. The van der Waals surface area contributed by atoms with Crippen LogP contribution in [0, 0.1) is 29.6 Å². The molecular weight excluding hydrogens is 372 g/mol. The summed E-state index contributed by atoms with van der Waals surface area (Å²) < 4.78 is 0. The summed E-state index contributed by atoms with van der Waals surface area (Å²) >= 11 is 1.18. The third-order valence-corrected chi connectivity index (χ3v) is 6.60. The molecular formula is C21H24N4O2S. The highest BCUT2D eigenvalue weighted by atomic mass is 32.2. The summed E-state index contributed by atoms with van der Waals surface area (Å²) in [5, 5.41) is 10.1. The topological polar surface area (TPSA) is 122 Å². The lowest BCUT2D eigenvalue weighted by molar-refractivity contribution is -0.116. The molecule has 1 spiro atoms. The van der Waals surface area contributed by atoms with Gasteiger partial charge in [0.2, 0.25) is 5.91 Å². The summed E-state index contributed by atoms with van der Waals surface area (Å²) in [6.07, 6.45) is 4.22. The molecule has 1 aliphatic heterocycles. The second kappa shape index (κ2) is 8.19. The van der Waals surface area contributed by atoms with E-state index in [9.17, 15) is 14.9 Å². The van der Waals surface area contributed by atoms with Gasteiger partial charge in [0, 0.05) is 11.0 Å². The van der Waals surface area contributed by atoms with E-state index in [-0.39, 0.29) is 17.4 Å². The zero-order valence-electron chi connectivity index (χ0n) is 15.9. The number of nitrogens with zero attached hydrogens (tertiary/aromatic N) is 2. The molecule has 1 aliphatic carbocycles. The molecule has 1 heterocycles. The lowest BCUT2D eigenvalue weighted by Gasteiger charge is -2.43. The Labute approximate surface area is 169 Å². The third kappa shape index (κ3) is 3.69. The van der Waals surface area contributed by atoms with E-state index in [2.05, 4.69) is 11.1 Å². The number of benzene rings is 1. The monoisotopic (exact) mass is 396 g/mol. The highest BCUT2D eigenvalue weighted by molar-refractivity contribution is 8.03. The summed E-state index contributed by atoms with van der Waals surface area (Å²) in [6.45, 7) is 1.96. The van der Waals surface area contributed by atoms with Gasteiger partial charge >= 0.3 is 0 Å². The lowest BCUT2D eigenvalue weighted by Crippen LogP contribution is -2.47. The van der Waals surface area contributed by atoms with Crippen molar-refractivity contribution >= 4 is 29.3 Å². The first-order valence-electron chi connectivity index (χ1n) is 9.40. The number of carbonyl (C=O) groups is 2. The highest BCUT2D eigenvalue weighted by Gasteiger charge is 2.50. The SMILES string of the molecule is Cc1ccc(C(=O)CSC2=C(C(N)=O)C3(CCCCC3)C(C#N)C(N)=N2)cc1. The van der Waals surface area contributed by atoms with Crippen LogP contribution >= 0.6 is 11.8 Å². The number of nitrogens with two attached hydrogens (primary N) is 2. The van der Waals surface area contributed by atoms with Crippen LogP contribution in [0.5, 0.6) is 0 Å². The first kappa shape index (κ1) is 20.2. The van der Waals surface area contributed by atoms with E-state index >= 15 is 0 Å². The minimum Gasteiger partial charge on any atom is -0.386 e. The van der Waals surface area contributed by atoms with Crippen LogP contribution in [0.4, 0.5) is 0 Å². The molecule has 1 aromatic rings. The Morgan fingerprint density at radius 3 is 2.46 bits per heavy atom. The van der Waals surface area contributed by atoms with Crippen molar-refractivity contribution < 1.29 is 9.59 Å². The molecule has 1 amide bonds. The van der Waals surface area contributed by atoms with Crippen LogP contribution in [0.1, 0.15) is 48.0 Å². The molecule has 1 aromatic carbocycles. The highest BCUT2D eigenvalue weighted by Crippen LogP contribution is 2.52. The summed E-state index contributed by atoms with van der Waals surface area (Å²) in [7, 11) is 0. The Bertz CT molecular complexity index is 890.